The standard InChI is InChI=1S/C17H26BNO4S/c1-16(2)17(3,4)23-18(22-16)15(11-19)10-13-8-6-7-9-14(13)12-24(5,20)21/h6-10H,11-12,19H2,1-5H3. The Balaban J connectivity index is 2.36. The van der Waals surface area contributed by atoms with E-state index in [4.69, 9.17) is 15.0 Å². The van der Waals surface area contributed by atoms with E-state index in [1.807, 2.05) is 58.0 Å². The van der Waals surface area contributed by atoms with Crippen molar-refractivity contribution in [3.63, 3.8) is 0 Å². The van der Waals surface area contributed by atoms with Crippen LogP contribution in [0.4, 0.5) is 0 Å². The Kier molecular flexibility index (Phi) is 5.30. The Morgan fingerprint density at radius 2 is 1.71 bits per heavy atom. The monoisotopic (exact) mass is 351 g/mol. The normalized spacial score (nSPS) is 20.4. The lowest BCUT2D eigenvalue weighted by atomic mass is 9.77. The molecule has 1 heterocycles. The number of rotatable bonds is 5. The van der Waals surface area contributed by atoms with Crippen molar-refractivity contribution < 1.29 is 17.7 Å². The van der Waals surface area contributed by atoms with Gasteiger partial charge < -0.3 is 15.0 Å². The molecule has 1 aromatic carbocycles. The molecule has 0 aromatic heterocycles. The lowest BCUT2D eigenvalue weighted by Crippen LogP contribution is -2.41. The van der Waals surface area contributed by atoms with Gasteiger partial charge in [0.25, 0.3) is 0 Å². The van der Waals surface area contributed by atoms with Gasteiger partial charge in [0.15, 0.2) is 9.84 Å². The highest BCUT2D eigenvalue weighted by atomic mass is 32.2. The molecule has 1 aliphatic heterocycles. The van der Waals surface area contributed by atoms with E-state index in [9.17, 15) is 8.42 Å². The summed E-state index contributed by atoms with van der Waals surface area (Å²) in [6.07, 6.45) is 3.11. The first kappa shape index (κ1) is 19.2. The molecular formula is C17H26BNO4S. The van der Waals surface area contributed by atoms with E-state index in [2.05, 4.69) is 0 Å². The van der Waals surface area contributed by atoms with Gasteiger partial charge in [-0.05, 0) is 44.3 Å². The average Bonchev–Trinajstić information content (AvgIpc) is 2.64. The van der Waals surface area contributed by atoms with Gasteiger partial charge in [0, 0.05) is 12.8 Å². The second kappa shape index (κ2) is 6.63. The van der Waals surface area contributed by atoms with Crippen molar-refractivity contribution in [3.05, 3.63) is 40.9 Å². The zero-order valence-corrected chi connectivity index (χ0v) is 15.8. The molecule has 1 aromatic rings. The largest absolute Gasteiger partial charge is 0.491 e. The predicted octanol–water partition coefficient (Wildman–Crippen LogP) is 2.20. The van der Waals surface area contributed by atoms with Gasteiger partial charge in [-0.25, -0.2) is 8.42 Å². The van der Waals surface area contributed by atoms with Crippen molar-refractivity contribution >= 4 is 23.0 Å². The number of sulfone groups is 1. The Labute approximate surface area is 145 Å². The Morgan fingerprint density at radius 1 is 1.17 bits per heavy atom. The molecule has 2 rings (SSSR count). The molecule has 0 atom stereocenters. The van der Waals surface area contributed by atoms with Gasteiger partial charge in [-0.2, -0.15) is 0 Å². The summed E-state index contributed by atoms with van der Waals surface area (Å²) in [4.78, 5) is 0. The number of nitrogens with two attached hydrogens (primary N) is 1. The van der Waals surface area contributed by atoms with Crippen LogP contribution in [-0.4, -0.2) is 39.5 Å². The van der Waals surface area contributed by atoms with Crippen LogP contribution in [0.25, 0.3) is 6.08 Å². The first-order valence-corrected chi connectivity index (χ1v) is 10.0. The summed E-state index contributed by atoms with van der Waals surface area (Å²) < 4.78 is 35.4. The van der Waals surface area contributed by atoms with Gasteiger partial charge in [0.05, 0.1) is 17.0 Å². The van der Waals surface area contributed by atoms with E-state index in [1.54, 1.807) is 0 Å². The summed E-state index contributed by atoms with van der Waals surface area (Å²) in [5.41, 5.74) is 7.36. The van der Waals surface area contributed by atoms with E-state index in [1.165, 1.54) is 6.26 Å². The number of hydrogen-bond acceptors (Lipinski definition) is 5. The van der Waals surface area contributed by atoms with Gasteiger partial charge >= 0.3 is 7.12 Å². The molecule has 0 saturated carbocycles. The van der Waals surface area contributed by atoms with Crippen LogP contribution < -0.4 is 5.73 Å². The molecular weight excluding hydrogens is 325 g/mol. The minimum absolute atomic E-state index is 0.0130. The van der Waals surface area contributed by atoms with Gasteiger partial charge in [0.1, 0.15) is 0 Å². The van der Waals surface area contributed by atoms with Crippen LogP contribution in [0.5, 0.6) is 0 Å². The maximum absolute atomic E-state index is 11.6. The van der Waals surface area contributed by atoms with Crippen LogP contribution in [0.3, 0.4) is 0 Å². The van der Waals surface area contributed by atoms with Gasteiger partial charge in [-0.15, -0.1) is 0 Å². The lowest BCUT2D eigenvalue weighted by Gasteiger charge is -2.32. The third-order valence-corrected chi connectivity index (χ3v) is 5.44. The highest BCUT2D eigenvalue weighted by Crippen LogP contribution is 2.38. The Morgan fingerprint density at radius 3 is 2.21 bits per heavy atom. The fourth-order valence-electron chi connectivity index (χ4n) is 2.51. The maximum Gasteiger partial charge on any atom is 0.491 e. The molecule has 2 N–H and O–H groups in total. The molecule has 0 amide bonds. The first-order chi connectivity index (χ1) is 11.0. The van der Waals surface area contributed by atoms with E-state index >= 15 is 0 Å². The van der Waals surface area contributed by atoms with Crippen molar-refractivity contribution in [3.8, 4) is 0 Å². The summed E-state index contributed by atoms with van der Waals surface area (Å²) in [6, 6.07) is 7.39. The molecule has 0 aliphatic carbocycles. The molecule has 7 heteroatoms. The molecule has 1 fully saturated rings. The molecule has 1 saturated heterocycles. The molecule has 0 bridgehead atoms. The van der Waals surface area contributed by atoms with Crippen molar-refractivity contribution in [1.82, 2.24) is 0 Å². The summed E-state index contributed by atoms with van der Waals surface area (Å²) in [6.45, 7) is 8.21. The predicted molar refractivity (Wildman–Crippen MR) is 98.1 cm³/mol. The van der Waals surface area contributed by atoms with E-state index in [0.29, 0.717) is 0 Å². The van der Waals surface area contributed by atoms with Crippen LogP contribution in [0.2, 0.25) is 0 Å². The Bertz CT molecular complexity index is 725. The highest BCUT2D eigenvalue weighted by Gasteiger charge is 2.52. The average molecular weight is 351 g/mol. The smallest absolute Gasteiger partial charge is 0.400 e. The van der Waals surface area contributed by atoms with Crippen LogP contribution >= 0.6 is 0 Å². The topological polar surface area (TPSA) is 78.6 Å². The molecule has 1 aliphatic rings. The maximum atomic E-state index is 11.6. The minimum Gasteiger partial charge on any atom is -0.400 e. The van der Waals surface area contributed by atoms with Crippen LogP contribution in [-0.2, 0) is 24.9 Å². The quantitative estimate of drug-likeness (QED) is 0.823. The van der Waals surface area contributed by atoms with Gasteiger partial charge in [-0.3, -0.25) is 0 Å². The first-order valence-electron chi connectivity index (χ1n) is 7.97. The summed E-state index contributed by atoms with van der Waals surface area (Å²) in [5, 5.41) is 0. The SMILES string of the molecule is CC1(C)OB(C(=Cc2ccccc2CS(C)(=O)=O)CN)OC1(C)C. The van der Waals surface area contributed by atoms with Crippen molar-refractivity contribution in [2.24, 2.45) is 5.73 Å². The third kappa shape index (κ3) is 4.27. The van der Waals surface area contributed by atoms with Crippen LogP contribution in [0.1, 0.15) is 38.8 Å². The zero-order valence-electron chi connectivity index (χ0n) is 15.0. The zero-order chi connectivity index (χ0) is 18.2. The molecule has 0 radical (unpaired) electrons. The second-order valence-corrected chi connectivity index (χ2v) is 9.42. The summed E-state index contributed by atoms with van der Waals surface area (Å²) >= 11 is 0. The molecule has 132 valence electrons. The van der Waals surface area contributed by atoms with Gasteiger partial charge in [0.2, 0.25) is 0 Å². The van der Waals surface area contributed by atoms with Crippen molar-refractivity contribution in [1.29, 1.82) is 0 Å². The molecule has 24 heavy (non-hydrogen) atoms. The number of benzene rings is 1. The van der Waals surface area contributed by atoms with E-state index in [-0.39, 0.29) is 12.3 Å². The van der Waals surface area contributed by atoms with Crippen LogP contribution in [0, 0.1) is 0 Å². The molecule has 5 nitrogen and oxygen atoms in total. The Hall–Kier alpha value is -1.15. The third-order valence-electron chi connectivity index (χ3n) is 4.61. The van der Waals surface area contributed by atoms with Crippen molar-refractivity contribution in [2.75, 3.05) is 12.8 Å². The fourth-order valence-corrected chi connectivity index (χ4v) is 3.33. The minimum atomic E-state index is -3.12. The molecule has 0 spiro atoms. The highest BCUT2D eigenvalue weighted by molar-refractivity contribution is 7.89. The second-order valence-electron chi connectivity index (χ2n) is 7.28. The molecule has 0 unspecified atom stereocenters. The fraction of sp³-hybridized carbons (Fsp3) is 0.529. The van der Waals surface area contributed by atoms with Crippen molar-refractivity contribution in [2.45, 2.75) is 44.6 Å². The van der Waals surface area contributed by atoms with E-state index in [0.717, 1.165) is 16.6 Å². The lowest BCUT2D eigenvalue weighted by molar-refractivity contribution is 0.00578. The number of hydrogen-bond donors (Lipinski definition) is 1. The summed E-state index contributed by atoms with van der Waals surface area (Å²) in [5.74, 6) is -0.0130. The van der Waals surface area contributed by atoms with Crippen LogP contribution in [0.15, 0.2) is 29.7 Å². The van der Waals surface area contributed by atoms with Gasteiger partial charge in [-0.1, -0.05) is 30.3 Å². The van der Waals surface area contributed by atoms with E-state index < -0.39 is 28.2 Å². The summed E-state index contributed by atoms with van der Waals surface area (Å²) in [7, 11) is -3.66.